The van der Waals surface area contributed by atoms with E-state index in [4.69, 9.17) is 10.4 Å². The lowest BCUT2D eigenvalue weighted by molar-refractivity contribution is 0.136. The van der Waals surface area contributed by atoms with Gasteiger partial charge in [-0.15, -0.1) is 0 Å². The first-order valence-corrected chi connectivity index (χ1v) is 6.08. The fourth-order valence-corrected chi connectivity index (χ4v) is 2.46. The van der Waals surface area contributed by atoms with Gasteiger partial charge >= 0.3 is 0 Å². The molecule has 0 heterocycles. The molecule has 1 fully saturated rings. The Balaban J connectivity index is 2.50. The molecule has 0 aromatic carbocycles. The predicted octanol–water partition coefficient (Wildman–Crippen LogP) is 1.77. The van der Waals surface area contributed by atoms with Crippen molar-refractivity contribution in [1.82, 2.24) is 4.90 Å². The molecule has 0 radical (unpaired) electrons. The molecule has 15 heavy (non-hydrogen) atoms. The Morgan fingerprint density at radius 1 is 1.40 bits per heavy atom. The van der Waals surface area contributed by atoms with Crippen LogP contribution in [0.4, 0.5) is 0 Å². The van der Waals surface area contributed by atoms with Crippen LogP contribution in [0, 0.1) is 17.2 Å². The number of nitrogens with zero attached hydrogens (tertiary/aromatic N) is 2. The molecule has 0 bridgehead atoms. The van der Waals surface area contributed by atoms with E-state index < -0.39 is 0 Å². The molecule has 3 nitrogen and oxygen atoms in total. The Labute approximate surface area is 92.7 Å². The van der Waals surface area contributed by atoms with Crippen LogP contribution in [0.2, 0.25) is 0 Å². The van der Waals surface area contributed by atoms with E-state index in [-0.39, 0.29) is 12.5 Å². The number of unbranched alkanes of at least 4 members (excludes halogenated alkanes) is 1. The Morgan fingerprint density at radius 2 is 2.20 bits per heavy atom. The molecule has 0 aliphatic heterocycles. The van der Waals surface area contributed by atoms with Gasteiger partial charge in [-0.2, -0.15) is 5.26 Å². The maximum absolute atomic E-state index is 9.04. The zero-order valence-corrected chi connectivity index (χ0v) is 9.65. The van der Waals surface area contributed by atoms with Crippen LogP contribution in [0.1, 0.15) is 39.0 Å². The molecule has 2 unspecified atom stereocenters. The van der Waals surface area contributed by atoms with E-state index in [0.29, 0.717) is 6.04 Å². The zero-order valence-electron chi connectivity index (χ0n) is 9.65. The van der Waals surface area contributed by atoms with Crippen LogP contribution in [0.3, 0.4) is 0 Å². The maximum atomic E-state index is 9.04. The number of nitriles is 1. The molecule has 0 aromatic rings. The summed E-state index contributed by atoms with van der Waals surface area (Å²) < 4.78 is 0. The normalized spacial score (nSPS) is 25.7. The van der Waals surface area contributed by atoms with Crippen molar-refractivity contribution in [3.05, 3.63) is 0 Å². The van der Waals surface area contributed by atoms with Crippen molar-refractivity contribution in [3.8, 4) is 6.07 Å². The number of rotatable bonds is 6. The summed E-state index contributed by atoms with van der Waals surface area (Å²) in [5.74, 6) is 0.188. The highest BCUT2D eigenvalue weighted by Gasteiger charge is 2.31. The van der Waals surface area contributed by atoms with Gasteiger partial charge in [0.05, 0.1) is 18.6 Å². The molecular weight excluding hydrogens is 188 g/mol. The first kappa shape index (κ1) is 12.5. The SMILES string of the molecule is CCCCN(CCO)C1CCCC1C#N. The van der Waals surface area contributed by atoms with Gasteiger partial charge in [-0.05, 0) is 25.8 Å². The van der Waals surface area contributed by atoms with Gasteiger partial charge in [0, 0.05) is 12.6 Å². The third kappa shape index (κ3) is 3.48. The Bertz CT molecular complexity index is 212. The van der Waals surface area contributed by atoms with Crippen molar-refractivity contribution < 1.29 is 5.11 Å². The third-order valence-electron chi connectivity index (χ3n) is 3.30. The number of hydrogen-bond donors (Lipinski definition) is 1. The summed E-state index contributed by atoms with van der Waals surface area (Å²) in [5.41, 5.74) is 0. The van der Waals surface area contributed by atoms with Gasteiger partial charge in [0.1, 0.15) is 0 Å². The van der Waals surface area contributed by atoms with Crippen LogP contribution in [-0.2, 0) is 0 Å². The Morgan fingerprint density at radius 3 is 2.80 bits per heavy atom. The summed E-state index contributed by atoms with van der Waals surface area (Å²) in [4.78, 5) is 2.31. The molecule has 1 aliphatic rings. The highest BCUT2D eigenvalue weighted by atomic mass is 16.3. The molecule has 0 saturated heterocycles. The standard InChI is InChI=1S/C12H22N2O/c1-2-3-7-14(8-9-15)12-6-4-5-11(12)10-13/h11-12,15H,2-9H2,1H3. The molecule has 0 spiro atoms. The lowest BCUT2D eigenvalue weighted by atomic mass is 10.0. The summed E-state index contributed by atoms with van der Waals surface area (Å²) in [6, 6.07) is 2.80. The molecule has 1 aliphatic carbocycles. The molecule has 1 N–H and O–H groups in total. The van der Waals surface area contributed by atoms with Gasteiger partial charge in [-0.1, -0.05) is 19.8 Å². The van der Waals surface area contributed by atoms with E-state index in [1.165, 1.54) is 6.42 Å². The number of aliphatic hydroxyl groups excluding tert-OH is 1. The highest BCUT2D eigenvalue weighted by Crippen LogP contribution is 2.29. The summed E-state index contributed by atoms with van der Waals surface area (Å²) in [6.45, 7) is 4.13. The topological polar surface area (TPSA) is 47.3 Å². The van der Waals surface area contributed by atoms with E-state index in [1.807, 2.05) is 0 Å². The minimum atomic E-state index is 0.188. The highest BCUT2D eigenvalue weighted by molar-refractivity contribution is 4.97. The summed E-state index contributed by atoms with van der Waals surface area (Å²) in [5, 5.41) is 18.1. The molecule has 1 rings (SSSR count). The van der Waals surface area contributed by atoms with Gasteiger partial charge in [0.25, 0.3) is 0 Å². The number of hydrogen-bond acceptors (Lipinski definition) is 3. The Hall–Kier alpha value is -0.590. The summed E-state index contributed by atoms with van der Waals surface area (Å²) in [6.07, 6.45) is 5.66. The van der Waals surface area contributed by atoms with Crippen LogP contribution in [-0.4, -0.2) is 35.7 Å². The van der Waals surface area contributed by atoms with Crippen LogP contribution < -0.4 is 0 Å². The molecule has 0 aromatic heterocycles. The van der Waals surface area contributed by atoms with Gasteiger partial charge in [0.15, 0.2) is 0 Å². The number of aliphatic hydroxyl groups is 1. The van der Waals surface area contributed by atoms with E-state index in [2.05, 4.69) is 17.9 Å². The quantitative estimate of drug-likeness (QED) is 0.727. The molecule has 2 atom stereocenters. The van der Waals surface area contributed by atoms with Crippen molar-refractivity contribution in [2.75, 3.05) is 19.7 Å². The van der Waals surface area contributed by atoms with Crippen molar-refractivity contribution in [2.24, 2.45) is 5.92 Å². The first-order chi connectivity index (χ1) is 7.33. The zero-order chi connectivity index (χ0) is 11.1. The smallest absolute Gasteiger partial charge is 0.0672 e. The summed E-state index contributed by atoms with van der Waals surface area (Å²) >= 11 is 0. The molecule has 86 valence electrons. The lowest BCUT2D eigenvalue weighted by Gasteiger charge is -2.29. The van der Waals surface area contributed by atoms with Crippen molar-refractivity contribution >= 4 is 0 Å². The van der Waals surface area contributed by atoms with E-state index in [9.17, 15) is 0 Å². The third-order valence-corrected chi connectivity index (χ3v) is 3.30. The fourth-order valence-electron chi connectivity index (χ4n) is 2.46. The average Bonchev–Trinajstić information content (AvgIpc) is 2.72. The lowest BCUT2D eigenvalue weighted by Crippen LogP contribution is -2.40. The molecular formula is C12H22N2O. The van der Waals surface area contributed by atoms with Gasteiger partial charge in [-0.3, -0.25) is 4.90 Å². The monoisotopic (exact) mass is 210 g/mol. The van der Waals surface area contributed by atoms with E-state index >= 15 is 0 Å². The van der Waals surface area contributed by atoms with Crippen LogP contribution in [0.25, 0.3) is 0 Å². The molecule has 1 saturated carbocycles. The van der Waals surface area contributed by atoms with Crippen molar-refractivity contribution in [1.29, 1.82) is 5.26 Å². The second-order valence-electron chi connectivity index (χ2n) is 4.35. The van der Waals surface area contributed by atoms with E-state index in [1.54, 1.807) is 0 Å². The maximum Gasteiger partial charge on any atom is 0.0672 e. The second kappa shape index (κ2) is 6.81. The minimum Gasteiger partial charge on any atom is -0.395 e. The largest absolute Gasteiger partial charge is 0.395 e. The van der Waals surface area contributed by atoms with Crippen LogP contribution in [0.15, 0.2) is 0 Å². The van der Waals surface area contributed by atoms with Crippen molar-refractivity contribution in [3.63, 3.8) is 0 Å². The predicted molar refractivity (Wildman–Crippen MR) is 60.3 cm³/mol. The molecule has 0 amide bonds. The second-order valence-corrected chi connectivity index (χ2v) is 4.35. The Kier molecular flexibility index (Phi) is 5.67. The van der Waals surface area contributed by atoms with Crippen LogP contribution in [0.5, 0.6) is 0 Å². The van der Waals surface area contributed by atoms with Gasteiger partial charge in [0.2, 0.25) is 0 Å². The van der Waals surface area contributed by atoms with E-state index in [0.717, 1.165) is 38.8 Å². The van der Waals surface area contributed by atoms with Gasteiger partial charge in [-0.25, -0.2) is 0 Å². The first-order valence-electron chi connectivity index (χ1n) is 6.08. The summed E-state index contributed by atoms with van der Waals surface area (Å²) in [7, 11) is 0. The minimum absolute atomic E-state index is 0.188. The van der Waals surface area contributed by atoms with Gasteiger partial charge < -0.3 is 5.11 Å². The molecule has 3 heteroatoms. The fraction of sp³-hybridized carbons (Fsp3) is 0.917. The van der Waals surface area contributed by atoms with Crippen LogP contribution >= 0.6 is 0 Å². The van der Waals surface area contributed by atoms with Crippen molar-refractivity contribution in [2.45, 2.75) is 45.1 Å². The average molecular weight is 210 g/mol.